The monoisotopic (exact) mass is 464 g/mol. The number of anilines is 1. The van der Waals surface area contributed by atoms with E-state index in [9.17, 15) is 4.79 Å². The minimum atomic E-state index is 0.00619. The number of nitrogens with zero attached hydrogens (tertiary/aromatic N) is 2. The molecular formula is C25H24N2O3S2. The number of fused-ring (bicyclic) bond motifs is 1. The lowest BCUT2D eigenvalue weighted by atomic mass is 10.2. The second kappa shape index (κ2) is 10.5. The first-order chi connectivity index (χ1) is 15.7. The molecule has 0 radical (unpaired) electrons. The molecule has 1 aromatic heterocycles. The van der Waals surface area contributed by atoms with Gasteiger partial charge in [-0.3, -0.25) is 9.69 Å². The lowest BCUT2D eigenvalue weighted by Gasteiger charge is -2.20. The molecule has 1 heterocycles. The Balaban J connectivity index is 1.60. The summed E-state index contributed by atoms with van der Waals surface area (Å²) >= 11 is 3.01. The van der Waals surface area contributed by atoms with Crippen molar-refractivity contribution in [3.05, 3.63) is 78.4 Å². The van der Waals surface area contributed by atoms with Gasteiger partial charge in [0.05, 0.1) is 30.7 Å². The molecule has 0 bridgehead atoms. The zero-order valence-corrected chi connectivity index (χ0v) is 19.6. The molecule has 32 heavy (non-hydrogen) atoms. The molecule has 0 aliphatic rings. The molecular weight excluding hydrogens is 440 g/mol. The maximum absolute atomic E-state index is 13.3. The fourth-order valence-electron chi connectivity index (χ4n) is 3.22. The summed E-state index contributed by atoms with van der Waals surface area (Å²) in [5.41, 5.74) is 1.85. The lowest BCUT2D eigenvalue weighted by Crippen LogP contribution is -2.31. The van der Waals surface area contributed by atoms with Crippen molar-refractivity contribution in [2.75, 3.05) is 24.4 Å². The number of rotatable bonds is 9. The summed E-state index contributed by atoms with van der Waals surface area (Å²) in [5, 5.41) is 0.677. The van der Waals surface area contributed by atoms with Crippen LogP contribution >= 0.6 is 23.1 Å². The van der Waals surface area contributed by atoms with Gasteiger partial charge in [0.25, 0.3) is 0 Å². The van der Waals surface area contributed by atoms with E-state index in [2.05, 4.69) is 0 Å². The maximum atomic E-state index is 13.3. The van der Waals surface area contributed by atoms with Crippen LogP contribution in [0.25, 0.3) is 10.2 Å². The fourth-order valence-corrected chi connectivity index (χ4v) is 5.00. The predicted molar refractivity (Wildman–Crippen MR) is 132 cm³/mol. The number of thiazole rings is 1. The molecule has 1 amide bonds. The Morgan fingerprint density at radius 1 is 1.03 bits per heavy atom. The molecule has 7 heteroatoms. The smallest absolute Gasteiger partial charge is 0.239 e. The van der Waals surface area contributed by atoms with Crippen molar-refractivity contribution in [3.63, 3.8) is 0 Å². The van der Waals surface area contributed by atoms with E-state index in [1.807, 2.05) is 79.7 Å². The summed E-state index contributed by atoms with van der Waals surface area (Å²) < 4.78 is 12.0. The Morgan fingerprint density at radius 2 is 1.81 bits per heavy atom. The standard InChI is InChI=1S/C25H24N2O3S2/c1-3-30-21-10-7-11-22-24(21)26-25(32-22)27(16-18-8-5-4-6-9-18)23(28)17-31-20-14-12-19(29-2)13-15-20/h4-15H,3,16-17H2,1-2H3. The van der Waals surface area contributed by atoms with Gasteiger partial charge < -0.3 is 9.47 Å². The van der Waals surface area contributed by atoms with Crippen molar-refractivity contribution in [2.45, 2.75) is 18.4 Å². The van der Waals surface area contributed by atoms with Gasteiger partial charge in [-0.15, -0.1) is 11.8 Å². The Morgan fingerprint density at radius 3 is 2.53 bits per heavy atom. The number of aromatic nitrogens is 1. The van der Waals surface area contributed by atoms with Gasteiger partial charge in [-0.1, -0.05) is 47.7 Å². The highest BCUT2D eigenvalue weighted by Crippen LogP contribution is 2.35. The van der Waals surface area contributed by atoms with E-state index in [1.54, 1.807) is 12.0 Å². The normalized spacial score (nSPS) is 10.8. The lowest BCUT2D eigenvalue weighted by molar-refractivity contribution is -0.116. The quantitative estimate of drug-likeness (QED) is 0.283. The van der Waals surface area contributed by atoms with Crippen LogP contribution in [0.1, 0.15) is 12.5 Å². The van der Waals surface area contributed by atoms with Gasteiger partial charge in [0.1, 0.15) is 17.0 Å². The number of carbonyl (C=O) groups is 1. The van der Waals surface area contributed by atoms with Gasteiger partial charge in [-0.2, -0.15) is 0 Å². The van der Waals surface area contributed by atoms with Gasteiger partial charge in [0.2, 0.25) is 5.91 Å². The molecule has 0 fully saturated rings. The third-order valence-corrected chi connectivity index (χ3v) is 6.85. The van der Waals surface area contributed by atoms with E-state index in [0.29, 0.717) is 24.0 Å². The first-order valence-electron chi connectivity index (χ1n) is 10.3. The number of carbonyl (C=O) groups excluding carboxylic acids is 1. The molecule has 0 N–H and O–H groups in total. The molecule has 0 unspecified atom stereocenters. The largest absolute Gasteiger partial charge is 0.497 e. The van der Waals surface area contributed by atoms with Crippen LogP contribution in [0.15, 0.2) is 77.7 Å². The number of benzene rings is 3. The number of amides is 1. The molecule has 0 aliphatic carbocycles. The SMILES string of the molecule is CCOc1cccc2sc(N(Cc3ccccc3)C(=O)CSc3ccc(OC)cc3)nc12. The molecule has 0 atom stereocenters. The number of para-hydroxylation sites is 1. The van der Waals surface area contributed by atoms with Crippen LogP contribution in [0.3, 0.4) is 0 Å². The molecule has 5 nitrogen and oxygen atoms in total. The highest BCUT2D eigenvalue weighted by molar-refractivity contribution is 8.00. The third kappa shape index (κ3) is 5.23. The van der Waals surface area contributed by atoms with Crippen LogP contribution in [0.2, 0.25) is 0 Å². The van der Waals surface area contributed by atoms with Crippen molar-refractivity contribution in [3.8, 4) is 11.5 Å². The molecule has 0 saturated heterocycles. The first kappa shape index (κ1) is 22.2. The summed E-state index contributed by atoms with van der Waals surface area (Å²) in [6.45, 7) is 2.98. The van der Waals surface area contributed by atoms with Gasteiger partial charge in [-0.25, -0.2) is 4.98 Å². The first-order valence-corrected chi connectivity index (χ1v) is 12.1. The van der Waals surface area contributed by atoms with E-state index < -0.39 is 0 Å². The van der Waals surface area contributed by atoms with Gasteiger partial charge in [0.15, 0.2) is 5.13 Å². The molecule has 0 spiro atoms. The van der Waals surface area contributed by atoms with E-state index in [4.69, 9.17) is 14.5 Å². The Bertz CT molecular complexity index is 1180. The predicted octanol–water partition coefficient (Wildman–Crippen LogP) is 6.03. The van der Waals surface area contributed by atoms with Crippen LogP contribution in [0, 0.1) is 0 Å². The Labute approximate surface area is 196 Å². The summed E-state index contributed by atoms with van der Waals surface area (Å²) in [6, 6.07) is 23.6. The van der Waals surface area contributed by atoms with Crippen LogP contribution in [0.4, 0.5) is 5.13 Å². The van der Waals surface area contributed by atoms with Crippen LogP contribution in [-0.2, 0) is 11.3 Å². The van der Waals surface area contributed by atoms with Crippen molar-refractivity contribution < 1.29 is 14.3 Å². The second-order valence-electron chi connectivity index (χ2n) is 6.96. The van der Waals surface area contributed by atoms with E-state index >= 15 is 0 Å². The number of hydrogen-bond donors (Lipinski definition) is 0. The molecule has 4 rings (SSSR count). The van der Waals surface area contributed by atoms with Crippen LogP contribution < -0.4 is 14.4 Å². The van der Waals surface area contributed by atoms with E-state index in [0.717, 1.165) is 32.2 Å². The van der Waals surface area contributed by atoms with Crippen molar-refractivity contribution >= 4 is 44.4 Å². The topological polar surface area (TPSA) is 51.7 Å². The highest BCUT2D eigenvalue weighted by Gasteiger charge is 2.21. The minimum absolute atomic E-state index is 0.00619. The zero-order valence-electron chi connectivity index (χ0n) is 18.0. The number of thioether (sulfide) groups is 1. The van der Waals surface area contributed by atoms with Crippen molar-refractivity contribution in [2.24, 2.45) is 0 Å². The minimum Gasteiger partial charge on any atom is -0.497 e. The molecule has 4 aromatic rings. The molecule has 0 saturated carbocycles. The highest BCUT2D eigenvalue weighted by atomic mass is 32.2. The van der Waals surface area contributed by atoms with Gasteiger partial charge in [0, 0.05) is 4.90 Å². The Hall–Kier alpha value is -3.03. The second-order valence-corrected chi connectivity index (χ2v) is 9.02. The number of hydrogen-bond acceptors (Lipinski definition) is 6. The molecule has 164 valence electrons. The summed E-state index contributed by atoms with van der Waals surface area (Å²) in [5.74, 6) is 1.86. The average molecular weight is 465 g/mol. The van der Waals surface area contributed by atoms with E-state index in [-0.39, 0.29) is 5.91 Å². The number of ether oxygens (including phenoxy) is 2. The molecule has 0 aliphatic heterocycles. The van der Waals surface area contributed by atoms with Gasteiger partial charge >= 0.3 is 0 Å². The van der Waals surface area contributed by atoms with E-state index in [1.165, 1.54) is 23.1 Å². The van der Waals surface area contributed by atoms with Crippen molar-refractivity contribution in [1.82, 2.24) is 4.98 Å². The average Bonchev–Trinajstić information content (AvgIpc) is 3.27. The zero-order chi connectivity index (χ0) is 22.3. The Kier molecular flexibility index (Phi) is 7.29. The van der Waals surface area contributed by atoms with Crippen LogP contribution in [0.5, 0.6) is 11.5 Å². The van der Waals surface area contributed by atoms with Gasteiger partial charge in [-0.05, 0) is 48.9 Å². The summed E-state index contributed by atoms with van der Waals surface area (Å²) in [6.07, 6.45) is 0. The number of methoxy groups -OCH3 is 1. The fraction of sp³-hybridized carbons (Fsp3) is 0.200. The molecule has 3 aromatic carbocycles. The summed E-state index contributed by atoms with van der Waals surface area (Å²) in [4.78, 5) is 20.9. The maximum Gasteiger partial charge on any atom is 0.239 e. The van der Waals surface area contributed by atoms with Crippen molar-refractivity contribution in [1.29, 1.82) is 0 Å². The third-order valence-electron chi connectivity index (χ3n) is 4.81. The van der Waals surface area contributed by atoms with Crippen LogP contribution in [-0.4, -0.2) is 30.4 Å². The summed E-state index contributed by atoms with van der Waals surface area (Å²) in [7, 11) is 1.64.